The Labute approximate surface area is 129 Å². The number of carboxylic acids is 1. The van der Waals surface area contributed by atoms with E-state index in [0.717, 1.165) is 6.42 Å². The summed E-state index contributed by atoms with van der Waals surface area (Å²) in [7, 11) is 0. The highest BCUT2D eigenvalue weighted by molar-refractivity contribution is 5.91. The number of carbonyl (C=O) groups excluding carboxylic acids is 3. The van der Waals surface area contributed by atoms with Crippen LogP contribution in [0.2, 0.25) is 0 Å². The summed E-state index contributed by atoms with van der Waals surface area (Å²) < 4.78 is 0. The number of nitrogens with two attached hydrogens (primary N) is 1. The minimum absolute atomic E-state index is 0.0104. The van der Waals surface area contributed by atoms with Crippen LogP contribution < -0.4 is 21.7 Å². The maximum atomic E-state index is 11.7. The van der Waals surface area contributed by atoms with Crippen LogP contribution >= 0.6 is 0 Å². The van der Waals surface area contributed by atoms with E-state index in [-0.39, 0.29) is 12.5 Å². The van der Waals surface area contributed by atoms with Gasteiger partial charge in [-0.3, -0.25) is 19.2 Å². The van der Waals surface area contributed by atoms with Gasteiger partial charge in [0.05, 0.1) is 12.6 Å². The summed E-state index contributed by atoms with van der Waals surface area (Å²) in [4.78, 5) is 45.1. The zero-order chi connectivity index (χ0) is 17.3. The number of amides is 3. The molecule has 0 fully saturated rings. The molecule has 0 aliphatic carbocycles. The predicted molar refractivity (Wildman–Crippen MR) is 78.7 cm³/mol. The van der Waals surface area contributed by atoms with Crippen LogP contribution in [0.3, 0.4) is 0 Å². The monoisotopic (exact) mass is 316 g/mol. The summed E-state index contributed by atoms with van der Waals surface area (Å²) in [5.74, 6) is -2.82. The van der Waals surface area contributed by atoms with Gasteiger partial charge in [0.25, 0.3) is 0 Å². The molecule has 0 radical (unpaired) electrons. The number of hydrogen-bond acceptors (Lipinski definition) is 5. The molecule has 126 valence electrons. The molecule has 0 aliphatic rings. The molecule has 0 aromatic rings. The van der Waals surface area contributed by atoms with Gasteiger partial charge in [-0.05, 0) is 12.8 Å². The maximum Gasteiger partial charge on any atom is 0.322 e. The van der Waals surface area contributed by atoms with E-state index in [1.807, 2.05) is 13.8 Å². The second-order valence-corrected chi connectivity index (χ2v) is 5.03. The van der Waals surface area contributed by atoms with E-state index in [4.69, 9.17) is 10.8 Å². The Morgan fingerprint density at radius 1 is 1.05 bits per heavy atom. The highest BCUT2D eigenvalue weighted by atomic mass is 16.4. The van der Waals surface area contributed by atoms with Gasteiger partial charge >= 0.3 is 5.97 Å². The minimum atomic E-state index is -1.18. The molecule has 0 aliphatic heterocycles. The molecule has 6 N–H and O–H groups in total. The van der Waals surface area contributed by atoms with Crippen LogP contribution in [-0.4, -0.2) is 54.0 Å². The van der Waals surface area contributed by atoms with E-state index < -0.39 is 42.3 Å². The fourth-order valence-corrected chi connectivity index (χ4v) is 1.47. The molecule has 9 heteroatoms. The normalized spacial score (nSPS) is 14.4. The lowest BCUT2D eigenvalue weighted by molar-refractivity contribution is -0.138. The van der Waals surface area contributed by atoms with Gasteiger partial charge in [-0.1, -0.05) is 20.3 Å². The molecule has 0 saturated heterocycles. The molecular weight excluding hydrogens is 292 g/mol. The van der Waals surface area contributed by atoms with Crippen LogP contribution in [0.1, 0.15) is 27.2 Å². The molecular formula is C13H24N4O5. The van der Waals surface area contributed by atoms with E-state index in [0.29, 0.717) is 0 Å². The molecule has 3 unspecified atom stereocenters. The minimum Gasteiger partial charge on any atom is -0.480 e. The summed E-state index contributed by atoms with van der Waals surface area (Å²) in [6.45, 7) is 4.31. The van der Waals surface area contributed by atoms with Crippen molar-refractivity contribution in [3.05, 3.63) is 0 Å². The molecule has 0 bridgehead atoms. The van der Waals surface area contributed by atoms with Crippen molar-refractivity contribution in [2.45, 2.75) is 39.3 Å². The van der Waals surface area contributed by atoms with Crippen LogP contribution in [0.25, 0.3) is 0 Å². The van der Waals surface area contributed by atoms with Crippen molar-refractivity contribution in [1.29, 1.82) is 0 Å². The van der Waals surface area contributed by atoms with Crippen LogP contribution in [0.5, 0.6) is 0 Å². The lowest BCUT2D eigenvalue weighted by Gasteiger charge is -2.18. The van der Waals surface area contributed by atoms with Gasteiger partial charge in [-0.15, -0.1) is 0 Å². The predicted octanol–water partition coefficient (Wildman–Crippen LogP) is -1.82. The summed E-state index contributed by atoms with van der Waals surface area (Å²) in [6.07, 6.45) is 0.738. The first-order valence-electron chi connectivity index (χ1n) is 7.01. The number of carbonyl (C=O) groups is 4. The van der Waals surface area contributed by atoms with Gasteiger partial charge in [0, 0.05) is 0 Å². The number of carboxylic acid groups (broad SMARTS) is 1. The van der Waals surface area contributed by atoms with Crippen molar-refractivity contribution in [1.82, 2.24) is 16.0 Å². The van der Waals surface area contributed by atoms with Crippen molar-refractivity contribution in [3.8, 4) is 0 Å². The van der Waals surface area contributed by atoms with E-state index in [9.17, 15) is 19.2 Å². The third-order valence-electron chi connectivity index (χ3n) is 3.17. The first-order valence-corrected chi connectivity index (χ1v) is 7.01. The first-order chi connectivity index (χ1) is 10.2. The van der Waals surface area contributed by atoms with Crippen molar-refractivity contribution in [2.24, 2.45) is 11.7 Å². The third-order valence-corrected chi connectivity index (χ3v) is 3.17. The van der Waals surface area contributed by atoms with E-state index in [2.05, 4.69) is 16.0 Å². The van der Waals surface area contributed by atoms with Gasteiger partial charge in [0.2, 0.25) is 17.7 Å². The smallest absolute Gasteiger partial charge is 0.322 e. The van der Waals surface area contributed by atoms with Gasteiger partial charge in [0.15, 0.2) is 0 Å². The van der Waals surface area contributed by atoms with E-state index >= 15 is 0 Å². The van der Waals surface area contributed by atoms with Crippen molar-refractivity contribution in [3.63, 3.8) is 0 Å². The Morgan fingerprint density at radius 2 is 1.59 bits per heavy atom. The number of nitrogens with one attached hydrogen (secondary N) is 3. The second-order valence-electron chi connectivity index (χ2n) is 5.03. The van der Waals surface area contributed by atoms with E-state index in [1.165, 1.54) is 6.92 Å². The summed E-state index contributed by atoms with van der Waals surface area (Å²) >= 11 is 0. The van der Waals surface area contributed by atoms with Gasteiger partial charge in [-0.25, -0.2) is 0 Å². The van der Waals surface area contributed by atoms with Crippen LogP contribution in [0, 0.1) is 5.92 Å². The molecule has 0 saturated carbocycles. The Bertz CT molecular complexity index is 427. The van der Waals surface area contributed by atoms with Crippen LogP contribution in [0.15, 0.2) is 0 Å². The fourth-order valence-electron chi connectivity index (χ4n) is 1.47. The molecule has 0 spiro atoms. The van der Waals surface area contributed by atoms with Crippen LogP contribution in [0.4, 0.5) is 0 Å². The largest absolute Gasteiger partial charge is 0.480 e. The number of rotatable bonds is 9. The summed E-state index contributed by atoms with van der Waals surface area (Å²) in [6, 6.07) is -1.61. The molecule has 22 heavy (non-hydrogen) atoms. The lowest BCUT2D eigenvalue weighted by atomic mass is 9.99. The molecule has 0 aromatic heterocycles. The van der Waals surface area contributed by atoms with Crippen LogP contribution in [-0.2, 0) is 19.2 Å². The van der Waals surface area contributed by atoms with Crippen molar-refractivity contribution < 1.29 is 24.3 Å². The molecule has 0 aromatic carbocycles. The fraction of sp³-hybridized carbons (Fsp3) is 0.692. The highest BCUT2D eigenvalue weighted by Crippen LogP contribution is 2.04. The molecule has 3 amide bonds. The quantitative estimate of drug-likeness (QED) is 0.338. The van der Waals surface area contributed by atoms with Gasteiger partial charge in [0.1, 0.15) is 12.6 Å². The molecule has 0 rings (SSSR count). The Morgan fingerprint density at radius 3 is 2.09 bits per heavy atom. The van der Waals surface area contributed by atoms with Gasteiger partial charge in [-0.2, -0.15) is 0 Å². The summed E-state index contributed by atoms with van der Waals surface area (Å²) in [5, 5.41) is 15.3. The summed E-state index contributed by atoms with van der Waals surface area (Å²) in [5.41, 5.74) is 5.71. The average molecular weight is 316 g/mol. The molecule has 3 atom stereocenters. The Hall–Kier alpha value is -2.16. The Kier molecular flexibility index (Phi) is 8.76. The van der Waals surface area contributed by atoms with Crippen molar-refractivity contribution in [2.75, 3.05) is 13.1 Å². The standard InChI is InChI=1S/C13H24N4O5/c1-4-7(2)11(14)13(22)15-5-9(18)17-8(3)12(21)16-6-10(19)20/h7-8,11H,4-6,14H2,1-3H3,(H,15,22)(H,16,21)(H,17,18)(H,19,20). The zero-order valence-corrected chi connectivity index (χ0v) is 13.0. The van der Waals surface area contributed by atoms with Crippen molar-refractivity contribution >= 4 is 23.7 Å². The molecule has 0 heterocycles. The Balaban J connectivity index is 4.15. The SMILES string of the molecule is CCC(C)C(N)C(=O)NCC(=O)NC(C)C(=O)NCC(=O)O. The number of aliphatic carboxylic acids is 1. The molecule has 9 nitrogen and oxygen atoms in total. The lowest BCUT2D eigenvalue weighted by Crippen LogP contribution is -2.51. The first kappa shape index (κ1) is 19.8. The average Bonchev–Trinajstić information content (AvgIpc) is 2.48. The maximum absolute atomic E-state index is 11.7. The third kappa shape index (κ3) is 7.58. The topological polar surface area (TPSA) is 151 Å². The zero-order valence-electron chi connectivity index (χ0n) is 13.0. The highest BCUT2D eigenvalue weighted by Gasteiger charge is 2.21. The van der Waals surface area contributed by atoms with Gasteiger partial charge < -0.3 is 26.8 Å². The number of hydrogen-bond donors (Lipinski definition) is 5. The van der Waals surface area contributed by atoms with E-state index in [1.54, 1.807) is 0 Å². The second kappa shape index (κ2) is 9.72.